The molecule has 5 rings (SSSR count). The van der Waals surface area contributed by atoms with Gasteiger partial charge < -0.3 is 14.4 Å². The molecule has 32 heavy (non-hydrogen) atoms. The molecule has 1 aromatic heterocycles. The molecule has 2 aliphatic rings. The molecule has 0 spiro atoms. The number of amides is 2. The van der Waals surface area contributed by atoms with E-state index in [4.69, 9.17) is 9.47 Å². The number of aryl methyl sites for hydroxylation is 1. The normalized spacial score (nSPS) is 18.1. The summed E-state index contributed by atoms with van der Waals surface area (Å²) in [5.74, 6) is 0.232. The van der Waals surface area contributed by atoms with Gasteiger partial charge in [0.1, 0.15) is 10.6 Å². The summed E-state index contributed by atoms with van der Waals surface area (Å²) in [6, 6.07) is 17.0. The Bertz CT molecular complexity index is 1140. The fraction of sp³-hybridized carbons (Fsp3) is 0.292. The number of fused-ring (bicyclic) bond motifs is 1. The van der Waals surface area contributed by atoms with Crippen LogP contribution in [0.2, 0.25) is 0 Å². The topological polar surface area (TPSA) is 72.0 Å². The van der Waals surface area contributed by atoms with Gasteiger partial charge in [-0.25, -0.2) is 4.98 Å². The van der Waals surface area contributed by atoms with Crippen LogP contribution in [0.4, 0.5) is 5.69 Å². The summed E-state index contributed by atoms with van der Waals surface area (Å²) in [4.78, 5) is 35.6. The Kier molecular flexibility index (Phi) is 5.63. The average Bonchev–Trinajstić information content (AvgIpc) is 3.25. The van der Waals surface area contributed by atoms with Crippen molar-refractivity contribution in [2.75, 3.05) is 37.7 Å². The minimum Gasteiger partial charge on any atom is -0.476 e. The van der Waals surface area contributed by atoms with E-state index in [9.17, 15) is 9.59 Å². The first-order chi connectivity index (χ1) is 15.6. The molecule has 0 radical (unpaired) electrons. The third-order valence-corrected chi connectivity index (χ3v) is 6.55. The van der Waals surface area contributed by atoms with E-state index < -0.39 is 6.10 Å². The number of benzene rings is 2. The lowest BCUT2D eigenvalue weighted by molar-refractivity contribution is -0.142. The number of carbonyl (C=O) groups is 2. The molecule has 0 unspecified atom stereocenters. The van der Waals surface area contributed by atoms with Gasteiger partial charge in [-0.05, 0) is 19.1 Å². The molecular weight excluding hydrogens is 426 g/mol. The highest BCUT2D eigenvalue weighted by atomic mass is 32.1. The monoisotopic (exact) mass is 449 g/mol. The molecule has 2 aliphatic heterocycles. The Hall–Kier alpha value is -3.23. The van der Waals surface area contributed by atoms with Crippen LogP contribution < -0.4 is 9.64 Å². The van der Waals surface area contributed by atoms with Crippen LogP contribution in [-0.4, -0.2) is 60.7 Å². The zero-order valence-corrected chi connectivity index (χ0v) is 18.5. The molecular formula is C24H23N3O4S. The highest BCUT2D eigenvalue weighted by Crippen LogP contribution is 2.37. The van der Waals surface area contributed by atoms with E-state index in [0.717, 1.165) is 10.6 Å². The van der Waals surface area contributed by atoms with Gasteiger partial charge in [0.15, 0.2) is 6.10 Å². The van der Waals surface area contributed by atoms with Crippen molar-refractivity contribution < 1.29 is 19.1 Å². The van der Waals surface area contributed by atoms with Crippen LogP contribution in [0.5, 0.6) is 5.75 Å². The fourth-order valence-corrected chi connectivity index (χ4v) is 4.92. The van der Waals surface area contributed by atoms with Crippen molar-refractivity contribution in [1.82, 2.24) is 9.88 Å². The van der Waals surface area contributed by atoms with Crippen molar-refractivity contribution in [1.29, 1.82) is 0 Å². The van der Waals surface area contributed by atoms with Crippen LogP contribution in [0.1, 0.15) is 14.7 Å². The zero-order chi connectivity index (χ0) is 22.1. The van der Waals surface area contributed by atoms with Crippen molar-refractivity contribution >= 4 is 28.8 Å². The van der Waals surface area contributed by atoms with E-state index in [-0.39, 0.29) is 18.4 Å². The summed E-state index contributed by atoms with van der Waals surface area (Å²) in [6.45, 7) is 4.13. The average molecular weight is 450 g/mol. The van der Waals surface area contributed by atoms with Gasteiger partial charge in [-0.2, -0.15) is 0 Å². The molecule has 0 bridgehead atoms. The number of nitrogens with zero attached hydrogens (tertiary/aromatic N) is 3. The molecule has 164 valence electrons. The summed E-state index contributed by atoms with van der Waals surface area (Å²) in [6.07, 6.45) is -0.763. The number of rotatable bonds is 3. The smallest absolute Gasteiger partial charge is 0.270 e. The minimum absolute atomic E-state index is 0.121. The van der Waals surface area contributed by atoms with Crippen molar-refractivity contribution in [2.24, 2.45) is 0 Å². The second-order valence-electron chi connectivity index (χ2n) is 7.70. The highest BCUT2D eigenvalue weighted by molar-refractivity contribution is 7.14. The minimum atomic E-state index is -0.763. The summed E-state index contributed by atoms with van der Waals surface area (Å²) in [5.41, 5.74) is 2.22. The molecule has 7 nitrogen and oxygen atoms in total. The van der Waals surface area contributed by atoms with Crippen LogP contribution in [0.15, 0.2) is 54.6 Å². The van der Waals surface area contributed by atoms with Gasteiger partial charge in [0, 0.05) is 18.7 Å². The zero-order valence-electron chi connectivity index (χ0n) is 17.7. The van der Waals surface area contributed by atoms with E-state index >= 15 is 0 Å². The van der Waals surface area contributed by atoms with Gasteiger partial charge in [0.25, 0.3) is 11.8 Å². The predicted molar refractivity (Wildman–Crippen MR) is 122 cm³/mol. The molecule has 8 heteroatoms. The number of aromatic nitrogens is 1. The number of hydrogen-bond donors (Lipinski definition) is 0. The first-order valence-electron chi connectivity index (χ1n) is 10.6. The molecule has 0 N–H and O–H groups in total. The second kappa shape index (κ2) is 8.72. The SMILES string of the molecule is Cc1nc(-c2ccccc2)c(C(=O)N2C[C@@H](C(=O)N3CCOCC3)Oc3ccccc32)s1. The third kappa shape index (κ3) is 3.87. The molecule has 3 heterocycles. The molecule has 1 fully saturated rings. The van der Waals surface area contributed by atoms with Crippen LogP contribution in [0.25, 0.3) is 11.3 Å². The lowest BCUT2D eigenvalue weighted by Gasteiger charge is -2.37. The van der Waals surface area contributed by atoms with Crippen LogP contribution in [0.3, 0.4) is 0 Å². The van der Waals surface area contributed by atoms with Crippen molar-refractivity contribution in [3.05, 3.63) is 64.5 Å². The number of carbonyl (C=O) groups excluding carboxylic acids is 2. The van der Waals surface area contributed by atoms with Crippen molar-refractivity contribution in [2.45, 2.75) is 13.0 Å². The fourth-order valence-electron chi connectivity index (χ4n) is 4.03. The van der Waals surface area contributed by atoms with Gasteiger partial charge in [-0.1, -0.05) is 42.5 Å². The first-order valence-corrected chi connectivity index (χ1v) is 11.4. The molecule has 2 amide bonds. The predicted octanol–water partition coefficient (Wildman–Crippen LogP) is 3.39. The number of thiazole rings is 1. The van der Waals surface area contributed by atoms with Gasteiger partial charge in [-0.15, -0.1) is 11.3 Å². The molecule has 3 aromatic rings. The van der Waals surface area contributed by atoms with E-state index in [2.05, 4.69) is 4.98 Å². The maximum absolute atomic E-state index is 13.8. The van der Waals surface area contributed by atoms with Gasteiger partial charge >= 0.3 is 0 Å². The standard InChI is InChI=1S/C24H23N3O4S/c1-16-25-21(17-7-3-2-4-8-17)22(32-16)24(29)27-15-20(23(28)26-11-13-30-14-12-26)31-19-10-6-5-9-18(19)27/h2-10,20H,11-15H2,1H3/t20-/m0/s1. The summed E-state index contributed by atoms with van der Waals surface area (Å²) < 4.78 is 11.4. The van der Waals surface area contributed by atoms with Crippen LogP contribution >= 0.6 is 11.3 Å². The Morgan fingerprint density at radius 3 is 2.53 bits per heavy atom. The van der Waals surface area contributed by atoms with Crippen LogP contribution in [-0.2, 0) is 9.53 Å². The Balaban J connectivity index is 1.50. The maximum atomic E-state index is 13.8. The highest BCUT2D eigenvalue weighted by Gasteiger charge is 2.37. The van der Waals surface area contributed by atoms with Gasteiger partial charge in [0.2, 0.25) is 0 Å². The number of morpholine rings is 1. The van der Waals surface area contributed by atoms with E-state index in [1.165, 1.54) is 11.3 Å². The Morgan fingerprint density at radius 2 is 1.75 bits per heavy atom. The number of anilines is 1. The number of hydrogen-bond acceptors (Lipinski definition) is 6. The molecule has 0 aliphatic carbocycles. The Morgan fingerprint density at radius 1 is 1.03 bits per heavy atom. The van der Waals surface area contributed by atoms with E-state index in [1.807, 2.05) is 55.5 Å². The second-order valence-corrected chi connectivity index (χ2v) is 8.91. The summed E-state index contributed by atoms with van der Waals surface area (Å²) in [7, 11) is 0. The van der Waals surface area contributed by atoms with E-state index in [0.29, 0.717) is 48.3 Å². The van der Waals surface area contributed by atoms with Gasteiger partial charge in [-0.3, -0.25) is 14.5 Å². The van der Waals surface area contributed by atoms with Crippen LogP contribution in [0, 0.1) is 6.92 Å². The first kappa shape index (κ1) is 20.7. The quantitative estimate of drug-likeness (QED) is 0.613. The molecule has 1 atom stereocenters. The summed E-state index contributed by atoms with van der Waals surface area (Å²) >= 11 is 1.37. The molecule has 1 saturated heterocycles. The van der Waals surface area contributed by atoms with Gasteiger partial charge in [0.05, 0.1) is 36.1 Å². The Labute approximate surface area is 190 Å². The number of ether oxygens (including phenoxy) is 2. The van der Waals surface area contributed by atoms with Crippen molar-refractivity contribution in [3.63, 3.8) is 0 Å². The molecule has 0 saturated carbocycles. The third-order valence-electron chi connectivity index (χ3n) is 5.59. The lowest BCUT2D eigenvalue weighted by atomic mass is 10.1. The maximum Gasteiger partial charge on any atom is 0.270 e. The van der Waals surface area contributed by atoms with Crippen molar-refractivity contribution in [3.8, 4) is 17.0 Å². The van der Waals surface area contributed by atoms with E-state index in [1.54, 1.807) is 15.9 Å². The largest absolute Gasteiger partial charge is 0.476 e. The summed E-state index contributed by atoms with van der Waals surface area (Å²) in [5, 5.41) is 0.815. The lowest BCUT2D eigenvalue weighted by Crippen LogP contribution is -2.54. The number of para-hydroxylation sites is 2. The molecule has 2 aromatic carbocycles.